The lowest BCUT2D eigenvalue weighted by molar-refractivity contribution is -0.164. The zero-order chi connectivity index (χ0) is 10.7. The lowest BCUT2D eigenvalue weighted by atomic mass is 9.98. The zero-order valence-electron chi connectivity index (χ0n) is 7.88. The van der Waals surface area contributed by atoms with Gasteiger partial charge in [-0.2, -0.15) is 0 Å². The Morgan fingerprint density at radius 2 is 2.14 bits per heavy atom. The second-order valence-electron chi connectivity index (χ2n) is 3.34. The van der Waals surface area contributed by atoms with Crippen LogP contribution in [0, 0.1) is 0 Å². The third-order valence-corrected chi connectivity index (χ3v) is 2.20. The average Bonchev–Trinajstić information content (AvgIpc) is 2.13. The van der Waals surface area contributed by atoms with Crippen molar-refractivity contribution < 1.29 is 24.9 Å². The third kappa shape index (κ3) is 2.42. The number of aliphatic hydroxyl groups excluding tert-OH is 3. The SMILES string of the molecule is CC(=O)N[C@@H]1CO[C@H](CO)C(O)C1O. The molecule has 1 rings (SSSR count). The first kappa shape index (κ1) is 11.4. The first-order valence-electron chi connectivity index (χ1n) is 4.42. The molecule has 4 atom stereocenters. The molecule has 0 aromatic carbocycles. The van der Waals surface area contributed by atoms with Gasteiger partial charge >= 0.3 is 0 Å². The van der Waals surface area contributed by atoms with E-state index in [9.17, 15) is 15.0 Å². The van der Waals surface area contributed by atoms with Gasteiger partial charge < -0.3 is 25.4 Å². The second-order valence-corrected chi connectivity index (χ2v) is 3.34. The van der Waals surface area contributed by atoms with Crippen LogP contribution in [0.2, 0.25) is 0 Å². The van der Waals surface area contributed by atoms with Gasteiger partial charge in [0, 0.05) is 6.92 Å². The normalized spacial score (nSPS) is 38.0. The highest BCUT2D eigenvalue weighted by atomic mass is 16.5. The molecule has 0 aromatic rings. The highest BCUT2D eigenvalue weighted by molar-refractivity contribution is 5.73. The first-order valence-corrected chi connectivity index (χ1v) is 4.42. The van der Waals surface area contributed by atoms with Gasteiger partial charge in [0.1, 0.15) is 18.3 Å². The van der Waals surface area contributed by atoms with Gasteiger partial charge in [-0.25, -0.2) is 0 Å². The van der Waals surface area contributed by atoms with E-state index in [0.29, 0.717) is 0 Å². The number of carbonyl (C=O) groups is 1. The van der Waals surface area contributed by atoms with Crippen molar-refractivity contribution >= 4 is 5.91 Å². The molecule has 1 aliphatic heterocycles. The molecule has 4 N–H and O–H groups in total. The van der Waals surface area contributed by atoms with Crippen molar-refractivity contribution in [3.8, 4) is 0 Å². The minimum Gasteiger partial charge on any atom is -0.394 e. The standard InChI is InChI=1S/C8H15NO5/c1-4(11)9-5-3-14-6(2-10)8(13)7(5)12/h5-8,10,12-13H,2-3H2,1H3,(H,9,11)/t5-,6-,7?,8?/m1/s1. The molecule has 1 amide bonds. The first-order chi connectivity index (χ1) is 6.56. The van der Waals surface area contributed by atoms with Gasteiger partial charge in [-0.1, -0.05) is 0 Å². The van der Waals surface area contributed by atoms with Crippen LogP contribution in [0.5, 0.6) is 0 Å². The molecular formula is C8H15NO5. The predicted molar refractivity (Wildman–Crippen MR) is 46.4 cm³/mol. The summed E-state index contributed by atoms with van der Waals surface area (Å²) in [6.45, 7) is 1.05. The fourth-order valence-corrected chi connectivity index (χ4v) is 1.43. The molecule has 6 heteroatoms. The van der Waals surface area contributed by atoms with Crippen molar-refractivity contribution in [2.75, 3.05) is 13.2 Å². The minimum atomic E-state index is -1.18. The smallest absolute Gasteiger partial charge is 0.217 e. The number of aliphatic hydroxyl groups is 3. The molecule has 82 valence electrons. The van der Waals surface area contributed by atoms with Crippen molar-refractivity contribution in [1.29, 1.82) is 0 Å². The van der Waals surface area contributed by atoms with Crippen molar-refractivity contribution in [3.05, 3.63) is 0 Å². The van der Waals surface area contributed by atoms with Crippen molar-refractivity contribution in [2.24, 2.45) is 0 Å². The molecule has 2 unspecified atom stereocenters. The second kappa shape index (κ2) is 4.70. The number of hydrogen-bond donors (Lipinski definition) is 4. The van der Waals surface area contributed by atoms with Crippen LogP contribution in [-0.2, 0) is 9.53 Å². The summed E-state index contributed by atoms with van der Waals surface area (Å²) in [7, 11) is 0. The Morgan fingerprint density at radius 1 is 1.50 bits per heavy atom. The fraction of sp³-hybridized carbons (Fsp3) is 0.875. The van der Waals surface area contributed by atoms with Crippen molar-refractivity contribution in [2.45, 2.75) is 31.3 Å². The minimum absolute atomic E-state index is 0.0863. The van der Waals surface area contributed by atoms with Gasteiger partial charge in [0.2, 0.25) is 5.91 Å². The van der Waals surface area contributed by atoms with Crippen LogP contribution in [0.1, 0.15) is 6.92 Å². The Kier molecular flexibility index (Phi) is 3.82. The van der Waals surface area contributed by atoms with Crippen LogP contribution >= 0.6 is 0 Å². The van der Waals surface area contributed by atoms with Crippen LogP contribution in [0.25, 0.3) is 0 Å². The summed E-state index contributed by atoms with van der Waals surface area (Å²) >= 11 is 0. The highest BCUT2D eigenvalue weighted by Crippen LogP contribution is 2.14. The summed E-state index contributed by atoms with van der Waals surface area (Å²) in [6, 6.07) is -0.620. The van der Waals surface area contributed by atoms with E-state index in [-0.39, 0.29) is 19.1 Å². The Morgan fingerprint density at radius 3 is 2.64 bits per heavy atom. The number of nitrogens with one attached hydrogen (secondary N) is 1. The van der Waals surface area contributed by atoms with Crippen molar-refractivity contribution in [1.82, 2.24) is 5.32 Å². The number of carbonyl (C=O) groups excluding carboxylic acids is 1. The Hall–Kier alpha value is -0.690. The molecule has 1 aliphatic rings. The number of amides is 1. The molecule has 0 spiro atoms. The monoisotopic (exact) mass is 205 g/mol. The van der Waals surface area contributed by atoms with E-state index in [1.165, 1.54) is 6.92 Å². The van der Waals surface area contributed by atoms with Gasteiger partial charge in [0.15, 0.2) is 0 Å². The summed E-state index contributed by atoms with van der Waals surface area (Å²) in [6.07, 6.45) is -3.06. The molecule has 0 aliphatic carbocycles. The van der Waals surface area contributed by atoms with Crippen molar-refractivity contribution in [3.63, 3.8) is 0 Å². The molecular weight excluding hydrogens is 190 g/mol. The predicted octanol–water partition coefficient (Wildman–Crippen LogP) is -2.40. The highest BCUT2D eigenvalue weighted by Gasteiger charge is 2.38. The summed E-state index contributed by atoms with van der Waals surface area (Å²) in [5.41, 5.74) is 0. The maximum absolute atomic E-state index is 10.7. The van der Waals surface area contributed by atoms with Crippen LogP contribution in [0.15, 0.2) is 0 Å². The van der Waals surface area contributed by atoms with Gasteiger partial charge in [-0.05, 0) is 0 Å². The zero-order valence-corrected chi connectivity index (χ0v) is 7.88. The molecule has 0 aromatic heterocycles. The van der Waals surface area contributed by atoms with Gasteiger partial charge in [0.25, 0.3) is 0 Å². The van der Waals surface area contributed by atoms with Gasteiger partial charge in [0.05, 0.1) is 19.3 Å². The Balaban J connectivity index is 2.54. The van der Waals surface area contributed by atoms with E-state index < -0.39 is 24.4 Å². The quantitative estimate of drug-likeness (QED) is 0.403. The van der Waals surface area contributed by atoms with Crippen LogP contribution < -0.4 is 5.32 Å². The van der Waals surface area contributed by atoms with E-state index in [1.807, 2.05) is 0 Å². The molecule has 0 saturated carbocycles. The summed E-state index contributed by atoms with van der Waals surface area (Å²) in [4.78, 5) is 10.7. The van der Waals surface area contributed by atoms with E-state index >= 15 is 0 Å². The number of ether oxygens (including phenoxy) is 1. The van der Waals surface area contributed by atoms with E-state index in [4.69, 9.17) is 9.84 Å². The topological polar surface area (TPSA) is 99.0 Å². The number of hydrogen-bond acceptors (Lipinski definition) is 5. The van der Waals surface area contributed by atoms with E-state index in [1.54, 1.807) is 0 Å². The molecule has 0 radical (unpaired) electrons. The van der Waals surface area contributed by atoms with Crippen LogP contribution in [0.3, 0.4) is 0 Å². The van der Waals surface area contributed by atoms with E-state index in [2.05, 4.69) is 5.32 Å². The maximum atomic E-state index is 10.7. The molecule has 14 heavy (non-hydrogen) atoms. The van der Waals surface area contributed by atoms with E-state index in [0.717, 1.165) is 0 Å². The molecule has 1 saturated heterocycles. The molecule has 0 bridgehead atoms. The summed E-state index contributed by atoms with van der Waals surface area (Å²) < 4.78 is 5.05. The largest absolute Gasteiger partial charge is 0.394 e. The number of rotatable bonds is 2. The van der Waals surface area contributed by atoms with Gasteiger partial charge in [-0.3, -0.25) is 4.79 Å². The maximum Gasteiger partial charge on any atom is 0.217 e. The van der Waals surface area contributed by atoms with Crippen LogP contribution in [-0.4, -0.2) is 58.8 Å². The van der Waals surface area contributed by atoms with Crippen LogP contribution in [0.4, 0.5) is 0 Å². The lowest BCUT2D eigenvalue weighted by Crippen LogP contribution is -2.59. The molecule has 1 heterocycles. The lowest BCUT2D eigenvalue weighted by Gasteiger charge is -2.36. The molecule has 6 nitrogen and oxygen atoms in total. The summed E-state index contributed by atoms with van der Waals surface area (Å²) in [5.74, 6) is -0.299. The fourth-order valence-electron chi connectivity index (χ4n) is 1.43. The van der Waals surface area contributed by atoms with Gasteiger partial charge in [-0.15, -0.1) is 0 Å². The average molecular weight is 205 g/mol. The third-order valence-electron chi connectivity index (χ3n) is 2.20. The molecule has 1 fully saturated rings. The summed E-state index contributed by atoms with van der Waals surface area (Å²) in [5, 5.41) is 30.2. The Labute approximate surface area is 81.5 Å². The Bertz CT molecular complexity index is 210.